The van der Waals surface area contributed by atoms with Gasteiger partial charge in [0.15, 0.2) is 0 Å². The minimum absolute atomic E-state index is 0.231. The monoisotopic (exact) mass is 252 g/mol. The lowest BCUT2D eigenvalue weighted by Crippen LogP contribution is -2.40. The van der Waals surface area contributed by atoms with Gasteiger partial charge in [-0.25, -0.2) is 0 Å². The van der Waals surface area contributed by atoms with Crippen molar-refractivity contribution in [1.82, 2.24) is 10.6 Å². The molecule has 1 fully saturated rings. The van der Waals surface area contributed by atoms with Gasteiger partial charge in [-0.3, -0.25) is 0 Å². The summed E-state index contributed by atoms with van der Waals surface area (Å²) < 4.78 is 38.3. The normalized spacial score (nSPS) is 26.1. The highest BCUT2D eigenvalue weighted by Crippen LogP contribution is 2.40. The molecule has 1 saturated carbocycles. The number of rotatable bonds is 6. The Kier molecular flexibility index (Phi) is 6.27. The molecule has 17 heavy (non-hydrogen) atoms. The lowest BCUT2D eigenvalue weighted by molar-refractivity contribution is -0.195. The molecule has 0 radical (unpaired) electrons. The van der Waals surface area contributed by atoms with E-state index < -0.39 is 12.1 Å². The molecule has 1 aliphatic rings. The van der Waals surface area contributed by atoms with Crippen molar-refractivity contribution in [2.75, 3.05) is 26.2 Å². The molecule has 1 rings (SSSR count). The number of halogens is 3. The molecule has 2 N–H and O–H groups in total. The van der Waals surface area contributed by atoms with Crippen LogP contribution in [0.3, 0.4) is 0 Å². The molecule has 1 aliphatic carbocycles. The van der Waals surface area contributed by atoms with E-state index in [-0.39, 0.29) is 5.92 Å². The van der Waals surface area contributed by atoms with Gasteiger partial charge in [0.1, 0.15) is 0 Å². The molecule has 0 spiro atoms. The summed E-state index contributed by atoms with van der Waals surface area (Å²) in [7, 11) is 0. The van der Waals surface area contributed by atoms with Crippen molar-refractivity contribution in [2.24, 2.45) is 11.8 Å². The molecule has 0 aromatic carbocycles. The topological polar surface area (TPSA) is 24.1 Å². The maximum Gasteiger partial charge on any atom is 0.392 e. The van der Waals surface area contributed by atoms with Gasteiger partial charge in [0, 0.05) is 13.1 Å². The van der Waals surface area contributed by atoms with Gasteiger partial charge in [0.2, 0.25) is 0 Å². The van der Waals surface area contributed by atoms with Crippen LogP contribution in [0.5, 0.6) is 0 Å². The number of hydrogen-bond acceptors (Lipinski definition) is 2. The minimum Gasteiger partial charge on any atom is -0.316 e. The summed E-state index contributed by atoms with van der Waals surface area (Å²) in [6, 6.07) is 0. The Morgan fingerprint density at radius 2 is 1.71 bits per heavy atom. The fraction of sp³-hybridized carbons (Fsp3) is 1.00. The summed E-state index contributed by atoms with van der Waals surface area (Å²) in [6.07, 6.45) is -1.35. The van der Waals surface area contributed by atoms with Gasteiger partial charge in [0.05, 0.1) is 5.92 Å². The van der Waals surface area contributed by atoms with E-state index in [1.807, 2.05) is 6.92 Å². The zero-order valence-corrected chi connectivity index (χ0v) is 10.4. The highest BCUT2D eigenvalue weighted by atomic mass is 19.4. The summed E-state index contributed by atoms with van der Waals surface area (Å²) in [4.78, 5) is 0. The van der Waals surface area contributed by atoms with Crippen LogP contribution in [0.2, 0.25) is 0 Å². The molecule has 2 unspecified atom stereocenters. The summed E-state index contributed by atoms with van der Waals surface area (Å²) in [5.41, 5.74) is 0. The Hall–Kier alpha value is -0.290. The molecule has 102 valence electrons. The first kappa shape index (κ1) is 14.8. The van der Waals surface area contributed by atoms with Gasteiger partial charge in [-0.2, -0.15) is 13.2 Å². The molecule has 2 atom stereocenters. The molecular formula is C12H23F3N2. The van der Waals surface area contributed by atoms with Crippen molar-refractivity contribution in [3.05, 3.63) is 0 Å². The van der Waals surface area contributed by atoms with Crippen LogP contribution in [0.25, 0.3) is 0 Å². The second kappa shape index (κ2) is 7.21. The minimum atomic E-state index is -4.02. The van der Waals surface area contributed by atoms with Crippen molar-refractivity contribution in [3.8, 4) is 0 Å². The Bertz CT molecular complexity index is 206. The van der Waals surface area contributed by atoms with Crippen molar-refractivity contribution in [1.29, 1.82) is 0 Å². The maximum absolute atomic E-state index is 12.8. The van der Waals surface area contributed by atoms with E-state index >= 15 is 0 Å². The Morgan fingerprint density at radius 1 is 1.06 bits per heavy atom. The number of alkyl halides is 3. The van der Waals surface area contributed by atoms with E-state index in [9.17, 15) is 13.2 Å². The molecule has 5 heteroatoms. The molecular weight excluding hydrogens is 229 g/mol. The number of hydrogen-bond donors (Lipinski definition) is 2. The largest absolute Gasteiger partial charge is 0.392 e. The van der Waals surface area contributed by atoms with Crippen molar-refractivity contribution in [3.63, 3.8) is 0 Å². The third-order valence-electron chi connectivity index (χ3n) is 3.46. The van der Waals surface area contributed by atoms with Crippen molar-refractivity contribution >= 4 is 0 Å². The standard InChI is InChI=1S/C12H23F3N2/c1-2-16-7-8-17-9-10-5-3-4-6-11(10)12(13,14)15/h10-11,16-17H,2-9H2,1H3. The summed E-state index contributed by atoms with van der Waals surface area (Å²) >= 11 is 0. The second-order valence-corrected chi connectivity index (χ2v) is 4.75. The van der Waals surface area contributed by atoms with E-state index in [0.717, 1.165) is 32.5 Å². The van der Waals surface area contributed by atoms with Crippen LogP contribution in [0.1, 0.15) is 32.6 Å². The molecule has 0 bridgehead atoms. The van der Waals surface area contributed by atoms with Crippen LogP contribution in [-0.4, -0.2) is 32.4 Å². The Balaban J connectivity index is 2.28. The van der Waals surface area contributed by atoms with Crippen LogP contribution in [0, 0.1) is 11.8 Å². The van der Waals surface area contributed by atoms with Gasteiger partial charge in [0.25, 0.3) is 0 Å². The maximum atomic E-state index is 12.8. The van der Waals surface area contributed by atoms with E-state index in [4.69, 9.17) is 0 Å². The fourth-order valence-corrected chi connectivity index (χ4v) is 2.52. The van der Waals surface area contributed by atoms with Crippen LogP contribution in [0.4, 0.5) is 13.2 Å². The average molecular weight is 252 g/mol. The van der Waals surface area contributed by atoms with Gasteiger partial charge < -0.3 is 10.6 Å². The molecule has 0 heterocycles. The predicted molar refractivity (Wildman–Crippen MR) is 62.9 cm³/mol. The smallest absolute Gasteiger partial charge is 0.316 e. The molecule has 0 aromatic heterocycles. The zero-order chi connectivity index (χ0) is 12.7. The lowest BCUT2D eigenvalue weighted by Gasteiger charge is -2.33. The third kappa shape index (κ3) is 5.25. The fourth-order valence-electron chi connectivity index (χ4n) is 2.52. The van der Waals surface area contributed by atoms with E-state index in [0.29, 0.717) is 19.4 Å². The van der Waals surface area contributed by atoms with E-state index in [1.165, 1.54) is 0 Å². The highest BCUT2D eigenvalue weighted by molar-refractivity contribution is 4.81. The quantitative estimate of drug-likeness (QED) is 0.710. The highest BCUT2D eigenvalue weighted by Gasteiger charge is 2.44. The van der Waals surface area contributed by atoms with Crippen LogP contribution >= 0.6 is 0 Å². The van der Waals surface area contributed by atoms with Crippen molar-refractivity contribution in [2.45, 2.75) is 38.8 Å². The molecule has 0 amide bonds. The van der Waals surface area contributed by atoms with Crippen LogP contribution in [-0.2, 0) is 0 Å². The van der Waals surface area contributed by atoms with Gasteiger partial charge in [-0.15, -0.1) is 0 Å². The zero-order valence-electron chi connectivity index (χ0n) is 10.4. The van der Waals surface area contributed by atoms with Crippen LogP contribution in [0.15, 0.2) is 0 Å². The molecule has 0 aromatic rings. The number of nitrogens with one attached hydrogen (secondary N) is 2. The predicted octanol–water partition coefficient (Wildman–Crippen LogP) is 2.55. The summed E-state index contributed by atoms with van der Waals surface area (Å²) in [5, 5.41) is 6.27. The Morgan fingerprint density at radius 3 is 2.35 bits per heavy atom. The first-order valence-electron chi connectivity index (χ1n) is 6.54. The molecule has 0 saturated heterocycles. The van der Waals surface area contributed by atoms with Gasteiger partial charge >= 0.3 is 6.18 Å². The van der Waals surface area contributed by atoms with Crippen molar-refractivity contribution < 1.29 is 13.2 Å². The summed E-state index contributed by atoms with van der Waals surface area (Å²) in [6.45, 7) is 4.97. The molecule has 2 nitrogen and oxygen atoms in total. The third-order valence-corrected chi connectivity index (χ3v) is 3.46. The first-order chi connectivity index (χ1) is 8.05. The lowest BCUT2D eigenvalue weighted by atomic mass is 9.79. The number of likely N-dealkylation sites (N-methyl/N-ethyl adjacent to an activating group) is 1. The van der Waals surface area contributed by atoms with E-state index in [2.05, 4.69) is 10.6 Å². The summed E-state index contributed by atoms with van der Waals surface area (Å²) in [5.74, 6) is -1.33. The SMILES string of the molecule is CCNCCNCC1CCCCC1C(F)(F)F. The average Bonchev–Trinajstić information content (AvgIpc) is 2.28. The Labute approximate surface area is 101 Å². The molecule has 0 aliphatic heterocycles. The van der Waals surface area contributed by atoms with Gasteiger partial charge in [-0.1, -0.05) is 19.8 Å². The first-order valence-corrected chi connectivity index (χ1v) is 6.54. The second-order valence-electron chi connectivity index (χ2n) is 4.75. The van der Waals surface area contributed by atoms with Crippen LogP contribution < -0.4 is 10.6 Å². The van der Waals surface area contributed by atoms with E-state index in [1.54, 1.807) is 0 Å². The van der Waals surface area contributed by atoms with Gasteiger partial charge in [-0.05, 0) is 31.8 Å².